The topological polar surface area (TPSA) is 78.9 Å². The van der Waals surface area contributed by atoms with Gasteiger partial charge < -0.3 is 14.2 Å². The molecule has 1 unspecified atom stereocenters. The third-order valence-electron chi connectivity index (χ3n) is 14.0. The lowest BCUT2D eigenvalue weighted by atomic mass is 10.0. The average Bonchev–Trinajstić information content (AvgIpc) is 3.47. The molecular formula is C76H124O6. The highest BCUT2D eigenvalue weighted by molar-refractivity contribution is 5.71. The Balaban J connectivity index is 4.42. The van der Waals surface area contributed by atoms with Crippen molar-refractivity contribution in [2.24, 2.45) is 0 Å². The first kappa shape index (κ1) is 77.3. The third-order valence-corrected chi connectivity index (χ3v) is 14.0. The van der Waals surface area contributed by atoms with Gasteiger partial charge in [0.25, 0.3) is 0 Å². The number of ether oxygens (including phenoxy) is 3. The molecule has 82 heavy (non-hydrogen) atoms. The van der Waals surface area contributed by atoms with Gasteiger partial charge in [0.1, 0.15) is 13.2 Å². The number of hydrogen-bond donors (Lipinski definition) is 0. The highest BCUT2D eigenvalue weighted by Gasteiger charge is 2.19. The minimum Gasteiger partial charge on any atom is -0.462 e. The summed E-state index contributed by atoms with van der Waals surface area (Å²) in [5, 5.41) is 0. The van der Waals surface area contributed by atoms with Gasteiger partial charge in [-0.15, -0.1) is 0 Å². The van der Waals surface area contributed by atoms with Crippen molar-refractivity contribution in [3.05, 3.63) is 146 Å². The maximum Gasteiger partial charge on any atom is 0.306 e. The fourth-order valence-corrected chi connectivity index (χ4v) is 9.00. The van der Waals surface area contributed by atoms with Crippen LogP contribution in [0.3, 0.4) is 0 Å². The van der Waals surface area contributed by atoms with Gasteiger partial charge in [-0.1, -0.05) is 282 Å². The van der Waals surface area contributed by atoms with Crippen LogP contribution >= 0.6 is 0 Å². The van der Waals surface area contributed by atoms with Gasteiger partial charge >= 0.3 is 17.9 Å². The Labute approximate surface area is 506 Å². The van der Waals surface area contributed by atoms with Crippen molar-refractivity contribution in [2.75, 3.05) is 13.2 Å². The van der Waals surface area contributed by atoms with E-state index in [2.05, 4.69) is 167 Å². The van der Waals surface area contributed by atoms with E-state index in [-0.39, 0.29) is 37.5 Å². The zero-order valence-corrected chi connectivity index (χ0v) is 53.2. The molecule has 1 atom stereocenters. The number of unbranched alkanes of at least 4 members (excludes halogenated alkanes) is 25. The predicted octanol–water partition coefficient (Wildman–Crippen LogP) is 23.5. The summed E-state index contributed by atoms with van der Waals surface area (Å²) in [6.45, 7) is 6.44. The lowest BCUT2D eigenvalue weighted by Gasteiger charge is -2.18. The van der Waals surface area contributed by atoms with Gasteiger partial charge in [-0.05, 0) is 141 Å². The van der Waals surface area contributed by atoms with E-state index in [0.29, 0.717) is 19.3 Å². The van der Waals surface area contributed by atoms with Gasteiger partial charge in [-0.3, -0.25) is 14.4 Å². The zero-order chi connectivity index (χ0) is 59.2. The van der Waals surface area contributed by atoms with Crippen molar-refractivity contribution in [1.82, 2.24) is 0 Å². The molecule has 6 heteroatoms. The van der Waals surface area contributed by atoms with Gasteiger partial charge in [0, 0.05) is 19.3 Å². The maximum absolute atomic E-state index is 12.9. The van der Waals surface area contributed by atoms with E-state index in [1.807, 2.05) is 0 Å². The molecule has 0 heterocycles. The van der Waals surface area contributed by atoms with Crippen LogP contribution in [0.2, 0.25) is 0 Å². The van der Waals surface area contributed by atoms with Gasteiger partial charge in [0.2, 0.25) is 0 Å². The summed E-state index contributed by atoms with van der Waals surface area (Å²) in [7, 11) is 0. The van der Waals surface area contributed by atoms with Crippen LogP contribution in [-0.2, 0) is 28.6 Å². The second kappa shape index (κ2) is 68.8. The molecule has 0 rings (SSSR count). The quantitative estimate of drug-likeness (QED) is 0.0261. The van der Waals surface area contributed by atoms with E-state index in [0.717, 1.165) is 122 Å². The van der Waals surface area contributed by atoms with E-state index < -0.39 is 6.10 Å². The van der Waals surface area contributed by atoms with Crippen molar-refractivity contribution in [2.45, 2.75) is 303 Å². The van der Waals surface area contributed by atoms with Crippen molar-refractivity contribution < 1.29 is 28.6 Å². The SMILES string of the molecule is CC/C=C\C/C=C\C/C=C\C/C=C\C/C=C\C/C=C\C/C=C\C/C=C\C/C=C\CCCC(=O)OCC(COC(=O)CCCCCCC/C=C\CCCCC)OC(=O)CCCCCCCCCCCCC/C=C\C/C=C\CCCCCCC. The van der Waals surface area contributed by atoms with Crippen LogP contribution in [0.25, 0.3) is 0 Å². The molecule has 0 saturated carbocycles. The average molecular weight is 1130 g/mol. The van der Waals surface area contributed by atoms with Gasteiger partial charge in [0.15, 0.2) is 6.10 Å². The summed E-state index contributed by atoms with van der Waals surface area (Å²) in [5.41, 5.74) is 0. The van der Waals surface area contributed by atoms with Crippen molar-refractivity contribution in [3.63, 3.8) is 0 Å². The van der Waals surface area contributed by atoms with E-state index in [4.69, 9.17) is 14.2 Å². The van der Waals surface area contributed by atoms with Crippen LogP contribution in [0.5, 0.6) is 0 Å². The fraction of sp³-hybridized carbons (Fsp3) is 0.645. The largest absolute Gasteiger partial charge is 0.462 e. The Bertz CT molecular complexity index is 1780. The minimum absolute atomic E-state index is 0.105. The van der Waals surface area contributed by atoms with E-state index in [9.17, 15) is 14.4 Å². The predicted molar refractivity (Wildman–Crippen MR) is 357 cm³/mol. The summed E-state index contributed by atoms with van der Waals surface area (Å²) in [4.78, 5) is 38.3. The molecule has 6 nitrogen and oxygen atoms in total. The van der Waals surface area contributed by atoms with Crippen LogP contribution in [-0.4, -0.2) is 37.2 Å². The normalized spacial score (nSPS) is 13.1. The first-order valence-corrected chi connectivity index (χ1v) is 33.8. The Morgan fingerprint density at radius 1 is 0.256 bits per heavy atom. The standard InChI is InChI=1S/C76H124O6/c1-4-7-10-13-16-19-22-25-27-29-31-33-35-36-37-38-39-40-42-43-45-47-49-51-54-57-60-63-66-69-75(78)81-72-73(71-80-74(77)68-65-62-59-56-53-24-21-18-15-12-9-6-3)82-76(79)70-67-64-61-58-55-52-50-48-46-44-41-34-32-30-28-26-23-20-17-14-11-8-5-2/h7,10,16,18-19,21,23,25-27,30-33,36-37,39-40,43,45,49,51,57,60,73H,4-6,8-9,11-15,17,20,22,24,28-29,34-35,38,41-42,44,46-48,50,52-56,58-59,61-72H2,1-3H3/b10-7-,19-16-,21-18-,26-23-,27-25-,32-30-,33-31-,37-36-,40-39-,45-43-,51-49-,60-57-. The molecule has 0 aromatic carbocycles. The highest BCUT2D eigenvalue weighted by atomic mass is 16.6. The molecule has 0 saturated heterocycles. The number of carbonyl (C=O) groups is 3. The highest BCUT2D eigenvalue weighted by Crippen LogP contribution is 2.15. The zero-order valence-electron chi connectivity index (χ0n) is 53.2. The van der Waals surface area contributed by atoms with E-state index >= 15 is 0 Å². The molecule has 0 amide bonds. The monoisotopic (exact) mass is 1130 g/mol. The number of esters is 3. The molecule has 0 aliphatic carbocycles. The van der Waals surface area contributed by atoms with E-state index in [1.54, 1.807) is 0 Å². The van der Waals surface area contributed by atoms with Crippen LogP contribution in [0, 0.1) is 0 Å². The van der Waals surface area contributed by atoms with Crippen LogP contribution in [0.1, 0.15) is 297 Å². The Hall–Kier alpha value is -4.71. The second-order valence-corrected chi connectivity index (χ2v) is 22.0. The van der Waals surface area contributed by atoms with Crippen molar-refractivity contribution >= 4 is 17.9 Å². The summed E-state index contributed by atoms with van der Waals surface area (Å²) < 4.78 is 16.9. The van der Waals surface area contributed by atoms with Crippen molar-refractivity contribution in [3.8, 4) is 0 Å². The second-order valence-electron chi connectivity index (χ2n) is 22.0. The van der Waals surface area contributed by atoms with Crippen molar-refractivity contribution in [1.29, 1.82) is 0 Å². The first-order valence-electron chi connectivity index (χ1n) is 33.8. The van der Waals surface area contributed by atoms with Gasteiger partial charge in [-0.25, -0.2) is 0 Å². The smallest absolute Gasteiger partial charge is 0.306 e. The summed E-state index contributed by atoms with van der Waals surface area (Å²) in [6, 6.07) is 0. The molecule has 0 aromatic heterocycles. The summed E-state index contributed by atoms with van der Waals surface area (Å²) in [6.07, 6.45) is 98.7. The fourth-order valence-electron chi connectivity index (χ4n) is 9.00. The molecule has 464 valence electrons. The Kier molecular flexibility index (Phi) is 64.8. The lowest BCUT2D eigenvalue weighted by Crippen LogP contribution is -2.30. The molecular weight excluding hydrogens is 1010 g/mol. The molecule has 0 bridgehead atoms. The Morgan fingerprint density at radius 2 is 0.488 bits per heavy atom. The molecule has 0 N–H and O–H groups in total. The first-order chi connectivity index (χ1) is 40.5. The molecule has 0 aliphatic heterocycles. The number of rotatable bonds is 60. The number of allylic oxidation sites excluding steroid dienone is 24. The third kappa shape index (κ3) is 66.1. The Morgan fingerprint density at radius 3 is 0.829 bits per heavy atom. The molecule has 0 radical (unpaired) electrons. The molecule has 0 aliphatic rings. The van der Waals surface area contributed by atoms with Gasteiger partial charge in [0.05, 0.1) is 0 Å². The van der Waals surface area contributed by atoms with Gasteiger partial charge in [-0.2, -0.15) is 0 Å². The molecule has 0 fully saturated rings. The molecule has 0 aromatic rings. The summed E-state index contributed by atoms with van der Waals surface area (Å²) in [5.74, 6) is -0.976. The number of hydrogen-bond acceptors (Lipinski definition) is 6. The number of carbonyl (C=O) groups excluding carboxylic acids is 3. The summed E-state index contributed by atoms with van der Waals surface area (Å²) >= 11 is 0. The van der Waals surface area contributed by atoms with Crippen LogP contribution in [0.4, 0.5) is 0 Å². The lowest BCUT2D eigenvalue weighted by molar-refractivity contribution is -0.167. The molecule has 0 spiro atoms. The van der Waals surface area contributed by atoms with Crippen LogP contribution in [0.15, 0.2) is 146 Å². The minimum atomic E-state index is -0.813. The van der Waals surface area contributed by atoms with E-state index in [1.165, 1.54) is 128 Å². The van der Waals surface area contributed by atoms with Crippen LogP contribution < -0.4 is 0 Å². The maximum atomic E-state index is 12.9.